The molecule has 1 aromatic heterocycles. The molecule has 9 heteroatoms. The molecule has 0 fully saturated rings. The van der Waals surface area contributed by atoms with E-state index in [0.717, 1.165) is 15.6 Å². The van der Waals surface area contributed by atoms with Gasteiger partial charge in [-0.3, -0.25) is 10.1 Å². The Hall–Kier alpha value is -1.71. The van der Waals surface area contributed by atoms with Gasteiger partial charge in [0, 0.05) is 34.3 Å². The molecular formula is C9H9N5O2S2. The lowest BCUT2D eigenvalue weighted by molar-refractivity contribution is -0.384. The number of nitrogens with one attached hydrogen (secondary N) is 1. The summed E-state index contributed by atoms with van der Waals surface area (Å²) in [5.74, 6) is 5.92. The molecule has 2 aromatic rings. The highest BCUT2D eigenvalue weighted by Crippen LogP contribution is 2.27. The Labute approximate surface area is 111 Å². The van der Waals surface area contributed by atoms with Crippen LogP contribution in [0.3, 0.4) is 0 Å². The molecular weight excluding hydrogens is 274 g/mol. The van der Waals surface area contributed by atoms with Crippen molar-refractivity contribution in [1.29, 1.82) is 0 Å². The fourth-order valence-electron chi connectivity index (χ4n) is 1.23. The fourth-order valence-corrected chi connectivity index (χ4v) is 2.65. The van der Waals surface area contributed by atoms with E-state index in [1.165, 1.54) is 35.4 Å². The topological polar surface area (TPSA) is 107 Å². The summed E-state index contributed by atoms with van der Waals surface area (Å²) >= 11 is 2.71. The first-order valence-corrected chi connectivity index (χ1v) is 6.61. The summed E-state index contributed by atoms with van der Waals surface area (Å²) in [6, 6.07) is 6.36. The molecule has 0 spiro atoms. The lowest BCUT2D eigenvalue weighted by Crippen LogP contribution is -2.06. The Balaban J connectivity index is 2.00. The Bertz CT molecular complexity index is 542. The zero-order valence-corrected chi connectivity index (χ0v) is 10.7. The normalized spacial score (nSPS) is 10.3. The van der Waals surface area contributed by atoms with Crippen LogP contribution in [-0.2, 0) is 5.75 Å². The molecule has 1 aromatic carbocycles. The number of nitro benzene ring substituents is 1. The number of hydrazine groups is 1. The van der Waals surface area contributed by atoms with E-state index in [9.17, 15) is 10.1 Å². The second kappa shape index (κ2) is 5.76. The van der Waals surface area contributed by atoms with Gasteiger partial charge in [0.1, 0.15) is 10.7 Å². The third-order valence-electron chi connectivity index (χ3n) is 2.11. The van der Waals surface area contributed by atoms with Crippen molar-refractivity contribution >= 4 is 34.0 Å². The average molecular weight is 283 g/mol. The van der Waals surface area contributed by atoms with Crippen molar-refractivity contribution in [2.75, 3.05) is 5.43 Å². The van der Waals surface area contributed by atoms with Gasteiger partial charge in [-0.15, -0.1) is 16.9 Å². The summed E-state index contributed by atoms with van der Waals surface area (Å²) in [6.45, 7) is 0. The summed E-state index contributed by atoms with van der Waals surface area (Å²) < 4.78 is 3.79. The van der Waals surface area contributed by atoms with Crippen molar-refractivity contribution in [3.05, 3.63) is 40.1 Å². The first-order chi connectivity index (χ1) is 8.70. The molecule has 0 atom stereocenters. The van der Waals surface area contributed by atoms with Crippen LogP contribution in [0.25, 0.3) is 0 Å². The number of rotatable bonds is 5. The predicted molar refractivity (Wildman–Crippen MR) is 70.4 cm³/mol. The van der Waals surface area contributed by atoms with E-state index in [1.54, 1.807) is 12.1 Å². The van der Waals surface area contributed by atoms with E-state index in [4.69, 9.17) is 5.84 Å². The van der Waals surface area contributed by atoms with Crippen LogP contribution in [0.5, 0.6) is 0 Å². The van der Waals surface area contributed by atoms with Gasteiger partial charge in [-0.1, -0.05) is 4.49 Å². The predicted octanol–water partition coefficient (Wildman–Crippen LogP) is 2.02. The lowest BCUT2D eigenvalue weighted by Gasteiger charge is -2.00. The van der Waals surface area contributed by atoms with Crippen LogP contribution in [0, 0.1) is 10.1 Å². The van der Waals surface area contributed by atoms with E-state index in [0.29, 0.717) is 5.75 Å². The second-order valence-electron chi connectivity index (χ2n) is 3.23. The van der Waals surface area contributed by atoms with Crippen molar-refractivity contribution in [2.24, 2.45) is 5.84 Å². The van der Waals surface area contributed by atoms with Gasteiger partial charge in [0.2, 0.25) is 0 Å². The highest BCUT2D eigenvalue weighted by molar-refractivity contribution is 7.98. The number of anilines is 1. The van der Waals surface area contributed by atoms with Crippen LogP contribution in [-0.4, -0.2) is 14.5 Å². The average Bonchev–Trinajstić information content (AvgIpc) is 2.84. The number of hydrogen-bond acceptors (Lipinski definition) is 8. The zero-order valence-electron chi connectivity index (χ0n) is 9.07. The zero-order chi connectivity index (χ0) is 13.0. The molecule has 7 nitrogen and oxygen atoms in total. The van der Waals surface area contributed by atoms with Gasteiger partial charge in [-0.2, -0.15) is 0 Å². The summed E-state index contributed by atoms with van der Waals surface area (Å²) in [4.78, 5) is 11.0. The molecule has 2 rings (SSSR count). The minimum atomic E-state index is -0.421. The number of benzene rings is 1. The molecule has 3 N–H and O–H groups in total. The largest absolute Gasteiger partial charge is 0.313 e. The lowest BCUT2D eigenvalue weighted by atomic mass is 10.3. The number of nitrogens with zero attached hydrogens (tertiary/aromatic N) is 3. The summed E-state index contributed by atoms with van der Waals surface area (Å²) in [5.41, 5.74) is 3.38. The monoisotopic (exact) mass is 283 g/mol. The summed E-state index contributed by atoms with van der Waals surface area (Å²) in [5, 5.41) is 15.2. The Morgan fingerprint density at radius 1 is 1.44 bits per heavy atom. The maximum absolute atomic E-state index is 10.5. The number of hydrogen-bond donors (Lipinski definition) is 2. The standard InChI is InChI=1S/C9H9N5O2S2/c10-11-9-8(12-13-18-9)5-17-7-3-1-6(2-4-7)14(15)16/h1-4,11H,5,10H2. The van der Waals surface area contributed by atoms with E-state index < -0.39 is 4.92 Å². The molecule has 0 bridgehead atoms. The maximum Gasteiger partial charge on any atom is 0.269 e. The molecule has 0 unspecified atom stereocenters. The maximum atomic E-state index is 10.5. The van der Waals surface area contributed by atoms with Gasteiger partial charge in [0.05, 0.1) is 4.92 Å². The molecule has 0 radical (unpaired) electrons. The van der Waals surface area contributed by atoms with Crippen LogP contribution in [0.15, 0.2) is 29.2 Å². The van der Waals surface area contributed by atoms with Crippen molar-refractivity contribution in [2.45, 2.75) is 10.6 Å². The molecule has 0 aliphatic rings. The van der Waals surface area contributed by atoms with Gasteiger partial charge in [0.25, 0.3) is 5.69 Å². The SMILES string of the molecule is NNc1snnc1CSc1ccc([N+](=O)[O-])cc1. The van der Waals surface area contributed by atoms with Crippen molar-refractivity contribution < 1.29 is 4.92 Å². The summed E-state index contributed by atoms with van der Waals surface area (Å²) in [7, 11) is 0. The minimum absolute atomic E-state index is 0.0824. The van der Waals surface area contributed by atoms with Gasteiger partial charge in [-0.05, 0) is 12.1 Å². The fraction of sp³-hybridized carbons (Fsp3) is 0.111. The van der Waals surface area contributed by atoms with Crippen LogP contribution >= 0.6 is 23.3 Å². The Morgan fingerprint density at radius 3 is 2.78 bits per heavy atom. The van der Waals surface area contributed by atoms with Crippen LogP contribution < -0.4 is 11.3 Å². The number of thioether (sulfide) groups is 1. The van der Waals surface area contributed by atoms with Crippen molar-refractivity contribution in [1.82, 2.24) is 9.59 Å². The minimum Gasteiger partial charge on any atom is -0.313 e. The molecule has 0 aliphatic carbocycles. The second-order valence-corrected chi connectivity index (χ2v) is 5.04. The highest BCUT2D eigenvalue weighted by Gasteiger charge is 2.08. The van der Waals surface area contributed by atoms with E-state index in [1.807, 2.05) is 0 Å². The molecule has 0 amide bonds. The Kier molecular flexibility index (Phi) is 4.07. The van der Waals surface area contributed by atoms with E-state index in [-0.39, 0.29) is 5.69 Å². The van der Waals surface area contributed by atoms with Crippen molar-refractivity contribution in [3.8, 4) is 0 Å². The number of nitro groups is 1. The van der Waals surface area contributed by atoms with Crippen LogP contribution in [0.1, 0.15) is 5.69 Å². The van der Waals surface area contributed by atoms with Crippen LogP contribution in [0.2, 0.25) is 0 Å². The van der Waals surface area contributed by atoms with E-state index >= 15 is 0 Å². The molecule has 0 aliphatic heterocycles. The third kappa shape index (κ3) is 2.94. The molecule has 1 heterocycles. The first-order valence-electron chi connectivity index (χ1n) is 4.86. The van der Waals surface area contributed by atoms with Gasteiger partial charge in [0.15, 0.2) is 0 Å². The van der Waals surface area contributed by atoms with Gasteiger partial charge >= 0.3 is 0 Å². The number of nitrogens with two attached hydrogens (primary N) is 1. The third-order valence-corrected chi connectivity index (χ3v) is 3.83. The number of nitrogen functional groups attached to an aromatic ring is 1. The van der Waals surface area contributed by atoms with Gasteiger partial charge < -0.3 is 5.43 Å². The molecule has 0 saturated carbocycles. The smallest absolute Gasteiger partial charge is 0.269 e. The Morgan fingerprint density at radius 2 is 2.17 bits per heavy atom. The van der Waals surface area contributed by atoms with Gasteiger partial charge in [-0.25, -0.2) is 5.84 Å². The molecule has 0 saturated heterocycles. The van der Waals surface area contributed by atoms with Crippen molar-refractivity contribution in [3.63, 3.8) is 0 Å². The number of aromatic nitrogens is 2. The molecule has 94 valence electrons. The quantitative estimate of drug-likeness (QED) is 0.374. The highest BCUT2D eigenvalue weighted by atomic mass is 32.2. The number of non-ortho nitro benzene ring substituents is 1. The first kappa shape index (κ1) is 12.7. The van der Waals surface area contributed by atoms with E-state index in [2.05, 4.69) is 15.0 Å². The summed E-state index contributed by atoms with van der Waals surface area (Å²) in [6.07, 6.45) is 0. The molecule has 18 heavy (non-hydrogen) atoms. The van der Waals surface area contributed by atoms with Crippen LogP contribution in [0.4, 0.5) is 10.7 Å².